The fourth-order valence-electron chi connectivity index (χ4n) is 2.63. The van der Waals surface area contributed by atoms with Gasteiger partial charge in [0.25, 0.3) is 5.91 Å². The summed E-state index contributed by atoms with van der Waals surface area (Å²) in [6, 6.07) is 3.18. The first kappa shape index (κ1) is 15.9. The van der Waals surface area contributed by atoms with Crippen LogP contribution < -0.4 is 10.5 Å². The maximum absolute atomic E-state index is 12.3. The van der Waals surface area contributed by atoms with Gasteiger partial charge in [0.15, 0.2) is 0 Å². The number of primary amides is 1. The van der Waals surface area contributed by atoms with Crippen molar-refractivity contribution in [3.05, 3.63) is 36.7 Å². The van der Waals surface area contributed by atoms with Crippen LogP contribution in [0.1, 0.15) is 23.3 Å². The second kappa shape index (κ2) is 7.07. The van der Waals surface area contributed by atoms with E-state index in [9.17, 15) is 9.59 Å². The number of carbonyl (C=O) groups excluding carboxylic acids is 2. The topological polar surface area (TPSA) is 116 Å². The summed E-state index contributed by atoms with van der Waals surface area (Å²) in [5.74, 6) is -0.107. The van der Waals surface area contributed by atoms with Gasteiger partial charge in [-0.05, 0) is 18.9 Å². The zero-order valence-electron chi connectivity index (χ0n) is 13.0. The number of nitrogens with two attached hydrogens (primary N) is 1. The van der Waals surface area contributed by atoms with Gasteiger partial charge < -0.3 is 15.4 Å². The Morgan fingerprint density at radius 3 is 3.04 bits per heavy atom. The van der Waals surface area contributed by atoms with Crippen molar-refractivity contribution in [2.45, 2.75) is 25.5 Å². The molecule has 2 N–H and O–H groups in total. The Balaban J connectivity index is 1.60. The van der Waals surface area contributed by atoms with Crippen molar-refractivity contribution in [1.29, 1.82) is 0 Å². The summed E-state index contributed by atoms with van der Waals surface area (Å²) in [7, 11) is 0. The Labute approximate surface area is 138 Å². The number of hydrogen-bond acceptors (Lipinski definition) is 6. The predicted molar refractivity (Wildman–Crippen MR) is 83.0 cm³/mol. The lowest BCUT2D eigenvalue weighted by molar-refractivity contribution is -0.134. The van der Waals surface area contributed by atoms with Gasteiger partial charge in [0.1, 0.15) is 36.7 Å². The standard InChI is InChI=1S/C15H18N6O3/c16-15(23)13-6-11(3-4-18-13)24-12-2-1-5-20(7-12)14(22)8-21-10-17-9-19-21/h3-4,6,9-10,12H,1-2,5,7-8H2,(H2,16,23). The molecule has 0 bridgehead atoms. The number of nitrogens with zero attached hydrogens (tertiary/aromatic N) is 5. The van der Waals surface area contributed by atoms with Crippen molar-refractivity contribution in [3.8, 4) is 5.75 Å². The number of piperidine rings is 1. The number of hydrogen-bond donors (Lipinski definition) is 1. The lowest BCUT2D eigenvalue weighted by atomic mass is 10.1. The lowest BCUT2D eigenvalue weighted by Gasteiger charge is -2.33. The van der Waals surface area contributed by atoms with Gasteiger partial charge in [0.2, 0.25) is 5.91 Å². The molecule has 1 aliphatic rings. The zero-order chi connectivity index (χ0) is 16.9. The van der Waals surface area contributed by atoms with Crippen LogP contribution in [0.4, 0.5) is 0 Å². The summed E-state index contributed by atoms with van der Waals surface area (Å²) in [5, 5.41) is 3.94. The molecule has 24 heavy (non-hydrogen) atoms. The average Bonchev–Trinajstić information content (AvgIpc) is 3.08. The van der Waals surface area contributed by atoms with E-state index in [1.165, 1.54) is 29.6 Å². The molecule has 1 unspecified atom stereocenters. The minimum absolute atomic E-state index is 0.0265. The molecule has 0 saturated carbocycles. The van der Waals surface area contributed by atoms with Crippen LogP contribution in [0.15, 0.2) is 31.0 Å². The summed E-state index contributed by atoms with van der Waals surface area (Å²) < 4.78 is 7.38. The molecule has 2 amide bonds. The third-order valence-electron chi connectivity index (χ3n) is 3.78. The maximum Gasteiger partial charge on any atom is 0.267 e. The summed E-state index contributed by atoms with van der Waals surface area (Å²) >= 11 is 0. The second-order valence-electron chi connectivity index (χ2n) is 5.56. The molecule has 2 aromatic heterocycles. The summed E-state index contributed by atoms with van der Waals surface area (Å²) in [4.78, 5) is 33.0. The first-order valence-corrected chi connectivity index (χ1v) is 7.64. The van der Waals surface area contributed by atoms with Crippen LogP contribution in [0, 0.1) is 0 Å². The number of rotatable bonds is 5. The van der Waals surface area contributed by atoms with Crippen LogP contribution in [-0.4, -0.2) is 55.7 Å². The molecule has 3 heterocycles. The second-order valence-corrected chi connectivity index (χ2v) is 5.56. The first-order valence-electron chi connectivity index (χ1n) is 7.64. The van der Waals surface area contributed by atoms with Gasteiger partial charge in [-0.1, -0.05) is 0 Å². The molecule has 9 heteroatoms. The minimum Gasteiger partial charge on any atom is -0.488 e. The SMILES string of the molecule is NC(=O)c1cc(OC2CCCN(C(=O)Cn3cncn3)C2)ccn1. The zero-order valence-corrected chi connectivity index (χ0v) is 13.0. The molecule has 1 atom stereocenters. The van der Waals surface area contributed by atoms with Crippen LogP contribution in [0.2, 0.25) is 0 Å². The Morgan fingerprint density at radius 2 is 2.29 bits per heavy atom. The normalized spacial score (nSPS) is 17.5. The van der Waals surface area contributed by atoms with Crippen molar-refractivity contribution in [2.24, 2.45) is 5.73 Å². The Morgan fingerprint density at radius 1 is 1.42 bits per heavy atom. The average molecular weight is 330 g/mol. The molecule has 3 rings (SSSR count). The molecule has 9 nitrogen and oxygen atoms in total. The van der Waals surface area contributed by atoms with Crippen LogP contribution in [0.3, 0.4) is 0 Å². The third-order valence-corrected chi connectivity index (χ3v) is 3.78. The van der Waals surface area contributed by atoms with Gasteiger partial charge in [-0.2, -0.15) is 5.10 Å². The maximum atomic E-state index is 12.3. The van der Waals surface area contributed by atoms with Crippen molar-refractivity contribution in [1.82, 2.24) is 24.6 Å². The van der Waals surface area contributed by atoms with Crippen molar-refractivity contribution < 1.29 is 14.3 Å². The molecule has 0 aromatic carbocycles. The minimum atomic E-state index is -0.603. The number of aromatic nitrogens is 4. The molecule has 1 aliphatic heterocycles. The van der Waals surface area contributed by atoms with E-state index in [1.54, 1.807) is 11.0 Å². The molecule has 0 radical (unpaired) electrons. The quantitative estimate of drug-likeness (QED) is 0.814. The predicted octanol–water partition coefficient (Wildman–Crippen LogP) is -0.158. The Hall–Kier alpha value is -2.97. The van der Waals surface area contributed by atoms with Crippen LogP contribution in [0.25, 0.3) is 0 Å². The van der Waals surface area contributed by atoms with E-state index in [0.29, 0.717) is 18.8 Å². The highest BCUT2D eigenvalue weighted by atomic mass is 16.5. The van der Waals surface area contributed by atoms with E-state index in [0.717, 1.165) is 12.8 Å². The van der Waals surface area contributed by atoms with Gasteiger partial charge in [0.05, 0.1) is 6.54 Å². The highest BCUT2D eigenvalue weighted by Crippen LogP contribution is 2.19. The van der Waals surface area contributed by atoms with E-state index in [2.05, 4.69) is 15.1 Å². The lowest BCUT2D eigenvalue weighted by Crippen LogP contribution is -2.45. The van der Waals surface area contributed by atoms with E-state index < -0.39 is 5.91 Å². The molecule has 2 aromatic rings. The first-order chi connectivity index (χ1) is 11.6. The van der Waals surface area contributed by atoms with Crippen LogP contribution in [-0.2, 0) is 11.3 Å². The number of pyridine rings is 1. The molecular weight excluding hydrogens is 312 g/mol. The fraction of sp³-hybridized carbons (Fsp3) is 0.400. The van der Waals surface area contributed by atoms with Crippen LogP contribution >= 0.6 is 0 Å². The highest BCUT2D eigenvalue weighted by molar-refractivity contribution is 5.91. The van der Waals surface area contributed by atoms with Gasteiger partial charge in [0, 0.05) is 18.8 Å². The Bertz CT molecular complexity index is 718. The smallest absolute Gasteiger partial charge is 0.267 e. The summed E-state index contributed by atoms with van der Waals surface area (Å²) in [6.07, 6.45) is 5.93. The van der Waals surface area contributed by atoms with E-state index >= 15 is 0 Å². The van der Waals surface area contributed by atoms with Crippen molar-refractivity contribution in [2.75, 3.05) is 13.1 Å². The monoisotopic (exact) mass is 330 g/mol. The fourth-order valence-corrected chi connectivity index (χ4v) is 2.63. The number of likely N-dealkylation sites (tertiary alicyclic amines) is 1. The van der Waals surface area contributed by atoms with E-state index in [-0.39, 0.29) is 24.2 Å². The summed E-state index contributed by atoms with van der Waals surface area (Å²) in [6.45, 7) is 1.34. The van der Waals surface area contributed by atoms with E-state index in [1.807, 2.05) is 0 Å². The molecule has 126 valence electrons. The van der Waals surface area contributed by atoms with Gasteiger partial charge in [-0.25, -0.2) is 9.67 Å². The summed E-state index contributed by atoms with van der Waals surface area (Å²) in [5.41, 5.74) is 5.37. The molecule has 1 fully saturated rings. The van der Waals surface area contributed by atoms with Gasteiger partial charge in [-0.15, -0.1) is 0 Å². The molecule has 0 aliphatic carbocycles. The number of ether oxygens (including phenoxy) is 1. The molecule has 1 saturated heterocycles. The Kier molecular flexibility index (Phi) is 4.69. The molecular formula is C15H18N6O3. The third kappa shape index (κ3) is 3.86. The highest BCUT2D eigenvalue weighted by Gasteiger charge is 2.25. The van der Waals surface area contributed by atoms with Crippen molar-refractivity contribution in [3.63, 3.8) is 0 Å². The molecule has 0 spiro atoms. The largest absolute Gasteiger partial charge is 0.488 e. The number of carbonyl (C=O) groups is 2. The van der Waals surface area contributed by atoms with Gasteiger partial charge >= 0.3 is 0 Å². The van der Waals surface area contributed by atoms with Crippen LogP contribution in [0.5, 0.6) is 5.75 Å². The number of amides is 2. The van der Waals surface area contributed by atoms with Crippen molar-refractivity contribution >= 4 is 11.8 Å². The van der Waals surface area contributed by atoms with E-state index in [4.69, 9.17) is 10.5 Å². The van der Waals surface area contributed by atoms with Gasteiger partial charge in [-0.3, -0.25) is 14.6 Å².